The second-order valence-corrected chi connectivity index (χ2v) is 5.01. The topological polar surface area (TPSA) is 41.9 Å². The van der Waals surface area contributed by atoms with E-state index in [0.29, 0.717) is 24.3 Å². The molecule has 4 heteroatoms. The van der Waals surface area contributed by atoms with Crippen LogP contribution in [0.1, 0.15) is 36.2 Å². The van der Waals surface area contributed by atoms with Gasteiger partial charge in [-0.1, -0.05) is 29.4 Å². The van der Waals surface area contributed by atoms with Crippen molar-refractivity contribution in [2.75, 3.05) is 13.6 Å². The van der Waals surface area contributed by atoms with Gasteiger partial charge in [0, 0.05) is 25.6 Å². The Kier molecular flexibility index (Phi) is 5.97. The third-order valence-electron chi connectivity index (χ3n) is 2.73. The number of hydrogen-bond donors (Lipinski definition) is 0. The molecule has 1 aromatic rings. The second-order valence-electron chi connectivity index (χ2n) is 5.01. The maximum atomic E-state index is 12.2. The van der Waals surface area contributed by atoms with Crippen molar-refractivity contribution in [2.45, 2.75) is 27.2 Å². The zero-order valence-corrected chi connectivity index (χ0v) is 12.6. The van der Waals surface area contributed by atoms with Gasteiger partial charge in [0.15, 0.2) is 0 Å². The number of oxime groups is 1. The van der Waals surface area contributed by atoms with E-state index in [0.717, 1.165) is 11.3 Å². The average Bonchev–Trinajstić information content (AvgIpc) is 2.42. The first-order valence-electron chi connectivity index (χ1n) is 6.58. The number of aryl methyl sites for hydroxylation is 1. The highest BCUT2D eigenvalue weighted by molar-refractivity contribution is 5.94. The van der Waals surface area contributed by atoms with Crippen molar-refractivity contribution in [2.24, 2.45) is 5.16 Å². The quantitative estimate of drug-likeness (QED) is 0.453. The minimum absolute atomic E-state index is 0.00651. The molecule has 4 nitrogen and oxygen atoms in total. The van der Waals surface area contributed by atoms with Crippen molar-refractivity contribution in [1.29, 1.82) is 0 Å². The van der Waals surface area contributed by atoms with Crippen molar-refractivity contribution < 1.29 is 9.63 Å². The first kappa shape index (κ1) is 16.0. The summed E-state index contributed by atoms with van der Waals surface area (Å²) in [4.78, 5) is 18.9. The average molecular weight is 274 g/mol. The van der Waals surface area contributed by atoms with Gasteiger partial charge in [0.25, 0.3) is 5.91 Å². The van der Waals surface area contributed by atoms with E-state index in [-0.39, 0.29) is 5.91 Å². The largest absolute Gasteiger partial charge is 0.362 e. The highest BCUT2D eigenvalue weighted by atomic mass is 16.6. The molecule has 0 spiro atoms. The monoisotopic (exact) mass is 274 g/mol. The highest BCUT2D eigenvalue weighted by Gasteiger charge is 2.11. The molecule has 0 N–H and O–H groups in total. The van der Waals surface area contributed by atoms with Gasteiger partial charge >= 0.3 is 0 Å². The SMILES string of the molecule is C=C(CCN(C)C(=O)c1ccc(C)cc1)ON=C(C)C. The van der Waals surface area contributed by atoms with Crippen LogP contribution in [0, 0.1) is 6.92 Å². The summed E-state index contributed by atoms with van der Waals surface area (Å²) in [6.45, 7) is 10.0. The molecule has 0 atom stereocenters. The van der Waals surface area contributed by atoms with E-state index in [1.165, 1.54) is 0 Å². The van der Waals surface area contributed by atoms with Gasteiger partial charge in [-0.15, -0.1) is 0 Å². The van der Waals surface area contributed by atoms with Gasteiger partial charge in [0.1, 0.15) is 5.76 Å². The number of carbonyl (C=O) groups is 1. The lowest BCUT2D eigenvalue weighted by Gasteiger charge is -2.17. The molecular weight excluding hydrogens is 252 g/mol. The van der Waals surface area contributed by atoms with E-state index in [1.54, 1.807) is 11.9 Å². The Morgan fingerprint density at radius 1 is 1.30 bits per heavy atom. The van der Waals surface area contributed by atoms with Crippen molar-refractivity contribution >= 4 is 11.6 Å². The Hall–Kier alpha value is -2.10. The summed E-state index contributed by atoms with van der Waals surface area (Å²) in [5.41, 5.74) is 2.65. The molecule has 0 aliphatic rings. The summed E-state index contributed by atoms with van der Waals surface area (Å²) in [5, 5.41) is 3.83. The number of carbonyl (C=O) groups excluding carboxylic acids is 1. The van der Waals surface area contributed by atoms with Gasteiger partial charge in [-0.05, 0) is 32.9 Å². The molecule has 1 rings (SSSR count). The fraction of sp³-hybridized carbons (Fsp3) is 0.375. The highest BCUT2D eigenvalue weighted by Crippen LogP contribution is 2.08. The zero-order chi connectivity index (χ0) is 15.1. The Balaban J connectivity index is 2.48. The van der Waals surface area contributed by atoms with Gasteiger partial charge in [0.2, 0.25) is 0 Å². The smallest absolute Gasteiger partial charge is 0.253 e. The molecule has 108 valence electrons. The Bertz CT molecular complexity index is 500. The van der Waals surface area contributed by atoms with Gasteiger partial charge in [-0.25, -0.2) is 0 Å². The third kappa shape index (κ3) is 5.26. The molecule has 0 radical (unpaired) electrons. The van der Waals surface area contributed by atoms with E-state index in [9.17, 15) is 4.79 Å². The molecule has 20 heavy (non-hydrogen) atoms. The van der Waals surface area contributed by atoms with Gasteiger partial charge in [-0.3, -0.25) is 4.79 Å². The summed E-state index contributed by atoms with van der Waals surface area (Å²) in [6, 6.07) is 7.54. The number of benzene rings is 1. The molecule has 0 saturated carbocycles. The minimum atomic E-state index is -0.00651. The van der Waals surface area contributed by atoms with E-state index >= 15 is 0 Å². The number of amides is 1. The van der Waals surface area contributed by atoms with Gasteiger partial charge < -0.3 is 9.74 Å². The van der Waals surface area contributed by atoms with Crippen LogP contribution in [-0.2, 0) is 4.84 Å². The van der Waals surface area contributed by atoms with Crippen LogP contribution >= 0.6 is 0 Å². The van der Waals surface area contributed by atoms with Crippen molar-refractivity contribution in [3.63, 3.8) is 0 Å². The van der Waals surface area contributed by atoms with Gasteiger partial charge in [0.05, 0.1) is 5.71 Å². The molecule has 0 aliphatic heterocycles. The number of nitrogens with zero attached hydrogens (tertiary/aromatic N) is 2. The zero-order valence-electron chi connectivity index (χ0n) is 12.6. The van der Waals surface area contributed by atoms with Crippen LogP contribution in [0.3, 0.4) is 0 Å². The summed E-state index contributed by atoms with van der Waals surface area (Å²) in [7, 11) is 1.77. The predicted molar refractivity (Wildman–Crippen MR) is 81.8 cm³/mol. The molecule has 0 bridgehead atoms. The standard InChI is InChI=1S/C16H22N2O2/c1-12(2)17-20-14(4)10-11-18(5)16(19)15-8-6-13(3)7-9-15/h6-9H,4,10-11H2,1-3,5H3. The van der Waals surface area contributed by atoms with Crippen LogP contribution in [0.5, 0.6) is 0 Å². The number of rotatable bonds is 6. The molecular formula is C16H22N2O2. The second kappa shape index (κ2) is 7.48. The summed E-state index contributed by atoms with van der Waals surface area (Å²) in [5.74, 6) is 0.544. The van der Waals surface area contributed by atoms with Crippen LogP contribution in [0.4, 0.5) is 0 Å². The Morgan fingerprint density at radius 3 is 2.45 bits per heavy atom. The molecule has 0 saturated heterocycles. The minimum Gasteiger partial charge on any atom is -0.362 e. The summed E-state index contributed by atoms with van der Waals surface area (Å²) < 4.78 is 0. The first-order valence-corrected chi connectivity index (χ1v) is 6.58. The first-order chi connectivity index (χ1) is 9.40. The maximum absolute atomic E-state index is 12.2. The lowest BCUT2D eigenvalue weighted by Crippen LogP contribution is -2.28. The van der Waals surface area contributed by atoms with E-state index in [1.807, 2.05) is 45.0 Å². The van der Waals surface area contributed by atoms with E-state index in [4.69, 9.17) is 4.84 Å². The van der Waals surface area contributed by atoms with E-state index < -0.39 is 0 Å². The van der Waals surface area contributed by atoms with Gasteiger partial charge in [-0.2, -0.15) is 0 Å². The maximum Gasteiger partial charge on any atom is 0.253 e. The summed E-state index contributed by atoms with van der Waals surface area (Å²) in [6.07, 6.45) is 0.560. The summed E-state index contributed by atoms with van der Waals surface area (Å²) >= 11 is 0. The van der Waals surface area contributed by atoms with Crippen LogP contribution in [0.25, 0.3) is 0 Å². The predicted octanol–water partition coefficient (Wildman–Crippen LogP) is 3.38. The Morgan fingerprint density at radius 2 is 1.90 bits per heavy atom. The third-order valence-corrected chi connectivity index (χ3v) is 2.73. The van der Waals surface area contributed by atoms with Crippen LogP contribution in [0.2, 0.25) is 0 Å². The molecule has 0 aliphatic carbocycles. The van der Waals surface area contributed by atoms with E-state index in [2.05, 4.69) is 11.7 Å². The molecule has 0 fully saturated rings. The van der Waals surface area contributed by atoms with Crippen molar-refractivity contribution in [1.82, 2.24) is 4.90 Å². The number of hydrogen-bond acceptors (Lipinski definition) is 3. The van der Waals surface area contributed by atoms with Crippen molar-refractivity contribution in [3.8, 4) is 0 Å². The van der Waals surface area contributed by atoms with Crippen molar-refractivity contribution in [3.05, 3.63) is 47.7 Å². The normalized spacial score (nSPS) is 9.80. The van der Waals surface area contributed by atoms with Crippen LogP contribution in [-0.4, -0.2) is 30.1 Å². The fourth-order valence-corrected chi connectivity index (χ4v) is 1.51. The molecule has 0 heterocycles. The molecule has 0 aromatic heterocycles. The molecule has 0 unspecified atom stereocenters. The van der Waals surface area contributed by atoms with Crippen LogP contribution < -0.4 is 0 Å². The van der Waals surface area contributed by atoms with Crippen LogP contribution in [0.15, 0.2) is 41.8 Å². The lowest BCUT2D eigenvalue weighted by molar-refractivity contribution is 0.0789. The molecule has 1 aromatic carbocycles. The fourth-order valence-electron chi connectivity index (χ4n) is 1.51. The molecule has 1 amide bonds. The Labute approximate surface area is 120 Å². The lowest BCUT2D eigenvalue weighted by atomic mass is 10.1.